The highest BCUT2D eigenvalue weighted by Crippen LogP contribution is 2.45. The third-order valence-corrected chi connectivity index (χ3v) is 7.98. The number of piperidine rings is 1. The van der Waals surface area contributed by atoms with Crippen molar-refractivity contribution in [2.75, 3.05) is 61.5 Å². The third-order valence-electron chi connectivity index (χ3n) is 7.98. The summed E-state index contributed by atoms with van der Waals surface area (Å²) in [5.41, 5.74) is 3.71. The maximum Gasteiger partial charge on any atom is 0.197 e. The number of pyridine rings is 1. The number of hydrogen-bond acceptors (Lipinski definition) is 9. The summed E-state index contributed by atoms with van der Waals surface area (Å²) in [6.45, 7) is 4.86. The largest absolute Gasteiger partial charge is 0.503 e. The zero-order valence-electron chi connectivity index (χ0n) is 21.3. The van der Waals surface area contributed by atoms with Gasteiger partial charge >= 0.3 is 0 Å². The highest BCUT2D eigenvalue weighted by atomic mass is 19.1. The van der Waals surface area contributed by atoms with Crippen LogP contribution < -0.4 is 19.9 Å². The quantitative estimate of drug-likeness (QED) is 0.385. The molecule has 38 heavy (non-hydrogen) atoms. The molecule has 0 radical (unpaired) electrons. The second-order valence-electron chi connectivity index (χ2n) is 10.1. The molecule has 3 aromatic rings. The number of benzene rings is 2. The van der Waals surface area contributed by atoms with Crippen molar-refractivity contribution in [1.29, 1.82) is 0 Å². The van der Waals surface area contributed by atoms with Gasteiger partial charge in [-0.2, -0.15) is 0 Å². The van der Waals surface area contributed by atoms with Crippen molar-refractivity contribution in [1.82, 2.24) is 9.88 Å². The number of nitrogens with zero attached hydrogens (tertiary/aromatic N) is 4. The van der Waals surface area contributed by atoms with Crippen LogP contribution in [-0.4, -0.2) is 83.9 Å². The first-order chi connectivity index (χ1) is 18.4. The van der Waals surface area contributed by atoms with E-state index in [1.165, 1.54) is 0 Å². The minimum Gasteiger partial charge on any atom is -0.503 e. The molecule has 0 bridgehead atoms. The molecule has 0 amide bonds. The van der Waals surface area contributed by atoms with Crippen molar-refractivity contribution >= 4 is 34.0 Å². The molecule has 10 heteroatoms. The van der Waals surface area contributed by atoms with E-state index in [0.29, 0.717) is 30.3 Å². The number of piperazine rings is 1. The highest BCUT2D eigenvalue weighted by Gasteiger charge is 2.32. The molecule has 1 atom stereocenters. The number of ether oxygens (including phenoxy) is 1. The zero-order chi connectivity index (χ0) is 26.4. The second kappa shape index (κ2) is 9.85. The summed E-state index contributed by atoms with van der Waals surface area (Å²) in [5.74, 6) is -1.24. The first-order valence-electron chi connectivity index (χ1n) is 13.0. The van der Waals surface area contributed by atoms with Gasteiger partial charge in [-0.1, -0.05) is 6.08 Å². The van der Waals surface area contributed by atoms with E-state index in [4.69, 9.17) is 4.74 Å². The number of aromatic nitrogens is 1. The van der Waals surface area contributed by atoms with Crippen molar-refractivity contribution < 1.29 is 24.4 Å². The second-order valence-corrected chi connectivity index (χ2v) is 10.1. The number of halogens is 1. The molecule has 1 aromatic heterocycles. The fourth-order valence-corrected chi connectivity index (χ4v) is 5.98. The molecular weight excluding hydrogens is 489 g/mol. The molecule has 3 aliphatic heterocycles. The van der Waals surface area contributed by atoms with Gasteiger partial charge in [0.15, 0.2) is 17.3 Å². The summed E-state index contributed by atoms with van der Waals surface area (Å²) in [6, 6.07) is 7.57. The molecule has 4 heterocycles. The van der Waals surface area contributed by atoms with Crippen LogP contribution >= 0.6 is 0 Å². The molecular formula is C28H32FN5O4. The van der Waals surface area contributed by atoms with E-state index >= 15 is 0 Å². The lowest BCUT2D eigenvalue weighted by Crippen LogP contribution is -2.53. The summed E-state index contributed by atoms with van der Waals surface area (Å²) in [5, 5.41) is 34.3. The van der Waals surface area contributed by atoms with Crippen LogP contribution in [0.15, 0.2) is 36.5 Å². The van der Waals surface area contributed by atoms with E-state index in [1.807, 2.05) is 23.1 Å². The van der Waals surface area contributed by atoms with Gasteiger partial charge in [-0.15, -0.1) is 0 Å². The SMILES string of the molecule is COc1cc2c(c(N3CCN(C4CCN(c5c(O)c(O)c(F)c6cccnc56)CC4)CC3)c1)NC(O)C=C2. The minimum atomic E-state index is -0.847. The van der Waals surface area contributed by atoms with Crippen LogP contribution in [0.1, 0.15) is 18.4 Å². The number of fused-ring (bicyclic) bond motifs is 2. The summed E-state index contributed by atoms with van der Waals surface area (Å²) < 4.78 is 20.0. The Bertz CT molecular complexity index is 1380. The van der Waals surface area contributed by atoms with E-state index in [9.17, 15) is 19.7 Å². The molecule has 2 saturated heterocycles. The Morgan fingerprint density at radius 3 is 2.53 bits per heavy atom. The molecule has 200 valence electrons. The Balaban J connectivity index is 1.14. The van der Waals surface area contributed by atoms with Crippen molar-refractivity contribution in [3.8, 4) is 17.2 Å². The molecule has 0 saturated carbocycles. The number of aliphatic hydroxyl groups is 1. The standard InChI is InChI=1S/C28H32FN5O4/c1-38-19-15-17-4-5-22(35)31-24(17)21(16-19)33-13-11-32(12-14-33)18-6-9-34(10-7-18)26-25-20(3-2-8-30-25)23(29)27(36)28(26)37/h2-5,8,15-16,18,22,31,35-37H,6-7,9-14H2,1H3. The third kappa shape index (κ3) is 4.23. The van der Waals surface area contributed by atoms with Crippen LogP contribution in [0.5, 0.6) is 17.2 Å². The normalized spacial score (nSPS) is 20.4. The van der Waals surface area contributed by atoms with Gasteiger partial charge in [-0.05, 0) is 37.1 Å². The predicted molar refractivity (Wildman–Crippen MR) is 146 cm³/mol. The summed E-state index contributed by atoms with van der Waals surface area (Å²) in [4.78, 5) is 11.2. The highest BCUT2D eigenvalue weighted by molar-refractivity contribution is 5.97. The minimum absolute atomic E-state index is 0.202. The number of phenolic OH excluding ortho intramolecular Hbond substituents is 2. The average molecular weight is 522 g/mol. The Hall–Kier alpha value is -3.76. The van der Waals surface area contributed by atoms with Crippen LogP contribution in [-0.2, 0) is 0 Å². The van der Waals surface area contributed by atoms with Crippen LogP contribution in [0, 0.1) is 5.82 Å². The Kier molecular flexibility index (Phi) is 6.37. The van der Waals surface area contributed by atoms with Crippen LogP contribution in [0.4, 0.5) is 21.5 Å². The summed E-state index contributed by atoms with van der Waals surface area (Å²) >= 11 is 0. The lowest BCUT2D eigenvalue weighted by Gasteiger charge is -2.44. The maximum absolute atomic E-state index is 14.5. The number of nitrogens with one attached hydrogen (secondary N) is 1. The van der Waals surface area contributed by atoms with Crippen LogP contribution in [0.2, 0.25) is 0 Å². The first-order valence-corrected chi connectivity index (χ1v) is 13.0. The number of phenols is 2. The van der Waals surface area contributed by atoms with E-state index < -0.39 is 23.5 Å². The van der Waals surface area contributed by atoms with Gasteiger partial charge in [-0.3, -0.25) is 9.88 Å². The first kappa shape index (κ1) is 24.6. The average Bonchev–Trinajstić information content (AvgIpc) is 2.96. The van der Waals surface area contributed by atoms with Gasteiger partial charge in [0, 0.05) is 68.5 Å². The molecule has 2 aromatic carbocycles. The van der Waals surface area contributed by atoms with Gasteiger partial charge in [0.25, 0.3) is 0 Å². The van der Waals surface area contributed by atoms with Gasteiger partial charge < -0.3 is 35.2 Å². The Morgan fingerprint density at radius 2 is 1.79 bits per heavy atom. The number of aliphatic hydroxyl groups excluding tert-OH is 1. The van der Waals surface area contributed by atoms with Crippen molar-refractivity contribution in [3.05, 3.63) is 47.9 Å². The summed E-state index contributed by atoms with van der Waals surface area (Å²) in [6.07, 6.45) is 6.28. The molecule has 2 fully saturated rings. The molecule has 4 N–H and O–H groups in total. The molecule has 6 rings (SSSR count). The van der Waals surface area contributed by atoms with E-state index in [0.717, 1.165) is 61.7 Å². The number of anilines is 3. The van der Waals surface area contributed by atoms with Crippen molar-refractivity contribution in [2.45, 2.75) is 25.1 Å². The molecule has 0 aliphatic carbocycles. The smallest absolute Gasteiger partial charge is 0.197 e. The van der Waals surface area contributed by atoms with E-state index in [1.54, 1.807) is 31.5 Å². The lowest BCUT2D eigenvalue weighted by molar-refractivity contribution is 0.160. The number of rotatable bonds is 4. The number of methoxy groups -OCH3 is 1. The van der Waals surface area contributed by atoms with Gasteiger partial charge in [0.1, 0.15) is 23.2 Å². The van der Waals surface area contributed by atoms with Gasteiger partial charge in [0.2, 0.25) is 0 Å². The Labute approximate surface area is 220 Å². The van der Waals surface area contributed by atoms with Crippen molar-refractivity contribution in [2.24, 2.45) is 0 Å². The molecule has 9 nitrogen and oxygen atoms in total. The zero-order valence-corrected chi connectivity index (χ0v) is 21.3. The van der Waals surface area contributed by atoms with Gasteiger partial charge in [-0.25, -0.2) is 4.39 Å². The molecule has 3 aliphatic rings. The van der Waals surface area contributed by atoms with E-state index in [2.05, 4.69) is 20.1 Å². The monoisotopic (exact) mass is 521 g/mol. The fourth-order valence-electron chi connectivity index (χ4n) is 5.98. The Morgan fingerprint density at radius 1 is 1.03 bits per heavy atom. The van der Waals surface area contributed by atoms with Crippen molar-refractivity contribution in [3.63, 3.8) is 0 Å². The topological polar surface area (TPSA) is 105 Å². The van der Waals surface area contributed by atoms with E-state index in [-0.39, 0.29) is 5.39 Å². The maximum atomic E-state index is 14.5. The fraction of sp³-hybridized carbons (Fsp3) is 0.393. The van der Waals surface area contributed by atoms with Crippen LogP contribution in [0.25, 0.3) is 17.0 Å². The van der Waals surface area contributed by atoms with Gasteiger partial charge in [0.05, 0.1) is 18.5 Å². The molecule has 0 spiro atoms. The van der Waals surface area contributed by atoms with Crippen LogP contribution in [0.3, 0.4) is 0 Å². The summed E-state index contributed by atoms with van der Waals surface area (Å²) in [7, 11) is 1.66. The number of aromatic hydroxyl groups is 2. The molecule has 1 unspecified atom stereocenters. The lowest BCUT2D eigenvalue weighted by atomic mass is 10.00. The number of hydrogen-bond donors (Lipinski definition) is 4. The predicted octanol–water partition coefficient (Wildman–Crippen LogP) is 3.34.